The molecule has 2 saturated carbocycles. The van der Waals surface area contributed by atoms with Crippen LogP contribution in [-0.2, 0) is 6.54 Å². The number of aromatic nitrogens is 1. The van der Waals surface area contributed by atoms with Crippen molar-refractivity contribution in [3.8, 4) is 11.3 Å². The summed E-state index contributed by atoms with van der Waals surface area (Å²) >= 11 is 12.8. The van der Waals surface area contributed by atoms with Crippen LogP contribution in [0.3, 0.4) is 0 Å². The number of halogens is 2. The maximum absolute atomic E-state index is 13.2. The van der Waals surface area contributed by atoms with E-state index in [-0.39, 0.29) is 11.9 Å². The van der Waals surface area contributed by atoms with E-state index in [1.807, 2.05) is 25.1 Å². The SMILES string of the molecule is Cc1c(C(=O)N[C@H]2CCCC[C@@H]2O)cc(-c2cc(Cl)ccc2Cl)n1CC1CCCCC1. The predicted molar refractivity (Wildman–Crippen MR) is 127 cm³/mol. The van der Waals surface area contributed by atoms with Crippen LogP contribution in [0.1, 0.15) is 73.8 Å². The average molecular weight is 463 g/mol. The fourth-order valence-electron chi connectivity index (χ4n) is 5.18. The summed E-state index contributed by atoms with van der Waals surface area (Å²) in [6.45, 7) is 2.89. The molecule has 31 heavy (non-hydrogen) atoms. The maximum Gasteiger partial charge on any atom is 0.253 e. The van der Waals surface area contributed by atoms with Gasteiger partial charge in [-0.2, -0.15) is 0 Å². The first-order valence-corrected chi connectivity index (χ1v) is 12.3. The Morgan fingerprint density at radius 1 is 1.06 bits per heavy atom. The van der Waals surface area contributed by atoms with E-state index in [1.165, 1.54) is 32.1 Å². The zero-order valence-electron chi connectivity index (χ0n) is 18.2. The number of benzene rings is 1. The molecule has 1 aromatic carbocycles. The summed E-state index contributed by atoms with van der Waals surface area (Å²) in [6, 6.07) is 7.24. The quantitative estimate of drug-likeness (QED) is 0.540. The van der Waals surface area contributed by atoms with Gasteiger partial charge in [-0.15, -0.1) is 0 Å². The predicted octanol–water partition coefficient (Wildman–Crippen LogP) is 6.38. The largest absolute Gasteiger partial charge is 0.391 e. The van der Waals surface area contributed by atoms with E-state index in [0.29, 0.717) is 21.5 Å². The Labute approximate surface area is 194 Å². The molecule has 4 nitrogen and oxygen atoms in total. The molecule has 2 aliphatic rings. The molecule has 4 rings (SSSR count). The van der Waals surface area contributed by atoms with Gasteiger partial charge in [-0.25, -0.2) is 0 Å². The molecule has 2 N–H and O–H groups in total. The van der Waals surface area contributed by atoms with E-state index in [4.69, 9.17) is 23.2 Å². The van der Waals surface area contributed by atoms with Gasteiger partial charge in [0, 0.05) is 27.8 Å². The molecule has 6 heteroatoms. The van der Waals surface area contributed by atoms with Gasteiger partial charge in [0.1, 0.15) is 0 Å². The van der Waals surface area contributed by atoms with Crippen molar-refractivity contribution in [2.24, 2.45) is 5.92 Å². The average Bonchev–Trinajstić information content (AvgIpc) is 3.08. The Morgan fingerprint density at radius 3 is 2.52 bits per heavy atom. The summed E-state index contributed by atoms with van der Waals surface area (Å²) < 4.78 is 2.25. The van der Waals surface area contributed by atoms with Crippen LogP contribution in [-0.4, -0.2) is 27.7 Å². The molecule has 2 fully saturated rings. The highest BCUT2D eigenvalue weighted by atomic mass is 35.5. The molecule has 0 saturated heterocycles. The maximum atomic E-state index is 13.2. The van der Waals surface area contributed by atoms with Gasteiger partial charge in [0.2, 0.25) is 0 Å². The number of aliphatic hydroxyl groups is 1. The Morgan fingerprint density at radius 2 is 1.77 bits per heavy atom. The summed E-state index contributed by atoms with van der Waals surface area (Å²) in [6.07, 6.45) is 9.43. The Bertz CT molecular complexity index is 934. The first kappa shape index (κ1) is 22.7. The second-order valence-corrected chi connectivity index (χ2v) is 10.0. The van der Waals surface area contributed by atoms with Crippen molar-refractivity contribution >= 4 is 29.1 Å². The van der Waals surface area contributed by atoms with Crippen molar-refractivity contribution in [3.63, 3.8) is 0 Å². The van der Waals surface area contributed by atoms with E-state index >= 15 is 0 Å². The minimum absolute atomic E-state index is 0.120. The van der Waals surface area contributed by atoms with E-state index in [1.54, 1.807) is 6.07 Å². The third-order valence-electron chi connectivity index (χ3n) is 7.03. The number of carbonyl (C=O) groups is 1. The van der Waals surface area contributed by atoms with E-state index < -0.39 is 6.10 Å². The van der Waals surface area contributed by atoms with Crippen LogP contribution < -0.4 is 5.32 Å². The summed E-state index contributed by atoms with van der Waals surface area (Å²) in [5.74, 6) is 0.484. The van der Waals surface area contributed by atoms with Gasteiger partial charge in [-0.1, -0.05) is 55.3 Å². The smallest absolute Gasteiger partial charge is 0.253 e. The second-order valence-electron chi connectivity index (χ2n) is 9.20. The lowest BCUT2D eigenvalue weighted by Gasteiger charge is -2.28. The lowest BCUT2D eigenvalue weighted by Crippen LogP contribution is -2.45. The lowest BCUT2D eigenvalue weighted by atomic mass is 9.89. The van der Waals surface area contributed by atoms with Gasteiger partial charge >= 0.3 is 0 Å². The zero-order valence-corrected chi connectivity index (χ0v) is 19.7. The fraction of sp³-hybridized carbons (Fsp3) is 0.560. The van der Waals surface area contributed by atoms with Crippen LogP contribution in [0, 0.1) is 12.8 Å². The number of hydrogen-bond donors (Lipinski definition) is 2. The van der Waals surface area contributed by atoms with Crippen LogP contribution in [0.15, 0.2) is 24.3 Å². The third kappa shape index (κ3) is 5.13. The number of aliphatic hydroxyl groups excluding tert-OH is 1. The molecule has 0 radical (unpaired) electrons. The van der Waals surface area contributed by atoms with Crippen LogP contribution in [0.2, 0.25) is 10.0 Å². The monoisotopic (exact) mass is 462 g/mol. The number of amides is 1. The van der Waals surface area contributed by atoms with Crippen LogP contribution >= 0.6 is 23.2 Å². The molecule has 1 amide bonds. The van der Waals surface area contributed by atoms with E-state index in [2.05, 4.69) is 9.88 Å². The summed E-state index contributed by atoms with van der Waals surface area (Å²) in [4.78, 5) is 13.2. The van der Waals surface area contributed by atoms with Crippen molar-refractivity contribution in [1.82, 2.24) is 9.88 Å². The molecule has 0 aliphatic heterocycles. The van der Waals surface area contributed by atoms with Crippen molar-refractivity contribution in [3.05, 3.63) is 45.6 Å². The number of nitrogens with one attached hydrogen (secondary N) is 1. The molecule has 2 aliphatic carbocycles. The van der Waals surface area contributed by atoms with Crippen LogP contribution in [0.25, 0.3) is 11.3 Å². The standard InChI is InChI=1S/C25H32Cl2N2O2/c1-16-19(25(31)28-22-9-5-6-10-24(22)30)14-23(20-13-18(26)11-12-21(20)27)29(16)15-17-7-3-2-4-8-17/h11-14,17,22,24,30H,2-10,15H2,1H3,(H,28,31)/t22-,24-/m0/s1. The molecule has 168 valence electrons. The fourth-order valence-corrected chi connectivity index (χ4v) is 5.57. The topological polar surface area (TPSA) is 54.3 Å². The van der Waals surface area contributed by atoms with Gasteiger partial charge in [0.15, 0.2) is 0 Å². The Balaban J connectivity index is 1.68. The third-order valence-corrected chi connectivity index (χ3v) is 7.59. The van der Waals surface area contributed by atoms with Gasteiger partial charge in [0.25, 0.3) is 5.91 Å². The van der Waals surface area contributed by atoms with Crippen molar-refractivity contribution < 1.29 is 9.90 Å². The lowest BCUT2D eigenvalue weighted by molar-refractivity contribution is 0.0716. The highest BCUT2D eigenvalue weighted by Crippen LogP contribution is 2.36. The van der Waals surface area contributed by atoms with Crippen molar-refractivity contribution in [1.29, 1.82) is 0 Å². The summed E-state index contributed by atoms with van der Waals surface area (Å²) in [5, 5.41) is 14.6. The molecule has 2 aromatic rings. The minimum Gasteiger partial charge on any atom is -0.391 e. The first-order chi connectivity index (χ1) is 14.9. The molecule has 0 spiro atoms. The number of rotatable bonds is 5. The molecule has 0 bridgehead atoms. The molecular weight excluding hydrogens is 431 g/mol. The van der Waals surface area contributed by atoms with Gasteiger partial charge in [0.05, 0.1) is 23.4 Å². The molecule has 2 atom stereocenters. The van der Waals surface area contributed by atoms with E-state index in [0.717, 1.165) is 49.2 Å². The Kier molecular flexibility index (Phi) is 7.30. The zero-order chi connectivity index (χ0) is 22.0. The normalized spacial score (nSPS) is 22.5. The van der Waals surface area contributed by atoms with Crippen LogP contribution in [0.4, 0.5) is 0 Å². The number of nitrogens with zero attached hydrogens (tertiary/aromatic N) is 1. The summed E-state index contributed by atoms with van der Waals surface area (Å²) in [7, 11) is 0. The van der Waals surface area contributed by atoms with Gasteiger partial charge in [-0.05, 0) is 62.8 Å². The number of hydrogen-bond acceptors (Lipinski definition) is 2. The molecule has 0 unspecified atom stereocenters. The summed E-state index contributed by atoms with van der Waals surface area (Å²) in [5.41, 5.74) is 3.38. The van der Waals surface area contributed by atoms with E-state index in [9.17, 15) is 9.90 Å². The van der Waals surface area contributed by atoms with Gasteiger partial charge in [-0.3, -0.25) is 4.79 Å². The van der Waals surface area contributed by atoms with Crippen molar-refractivity contribution in [2.45, 2.75) is 83.4 Å². The molecule has 1 aromatic heterocycles. The van der Waals surface area contributed by atoms with Crippen LogP contribution in [0.5, 0.6) is 0 Å². The van der Waals surface area contributed by atoms with Gasteiger partial charge < -0.3 is 15.0 Å². The highest BCUT2D eigenvalue weighted by Gasteiger charge is 2.28. The second kappa shape index (κ2) is 9.97. The number of carbonyl (C=O) groups excluding carboxylic acids is 1. The Hall–Kier alpha value is -1.49. The van der Waals surface area contributed by atoms with Crippen molar-refractivity contribution in [2.75, 3.05) is 0 Å². The minimum atomic E-state index is -0.468. The molecular formula is C25H32Cl2N2O2. The first-order valence-electron chi connectivity index (χ1n) is 11.6. The highest BCUT2D eigenvalue weighted by molar-refractivity contribution is 6.35. The molecule has 1 heterocycles.